The topological polar surface area (TPSA) is 99.0 Å². The van der Waals surface area contributed by atoms with Crippen molar-refractivity contribution in [3.05, 3.63) is 24.9 Å². The van der Waals surface area contributed by atoms with Crippen LogP contribution in [-0.4, -0.2) is 29.1 Å². The molecular weight excluding hydrogens is 252 g/mol. The van der Waals surface area contributed by atoms with Crippen LogP contribution >= 0.6 is 11.8 Å². The summed E-state index contributed by atoms with van der Waals surface area (Å²) in [7, 11) is 1.87. The molecule has 0 fully saturated rings. The lowest BCUT2D eigenvalue weighted by Gasteiger charge is -2.05. The smallest absolute Gasteiger partial charge is 0.197 e. The fraction of sp³-hybridized carbons (Fsp3) is 0.111. The molecule has 8 nitrogen and oxygen atoms in total. The first-order valence-corrected chi connectivity index (χ1v) is 5.92. The second-order valence-electron chi connectivity index (χ2n) is 3.56. The average molecular weight is 262 g/mol. The Bertz CT molecular complexity index is 687. The maximum absolute atomic E-state index is 5.39. The summed E-state index contributed by atoms with van der Waals surface area (Å²) >= 11 is 1.38. The zero-order valence-corrected chi connectivity index (χ0v) is 10.3. The minimum atomic E-state index is 0.560. The van der Waals surface area contributed by atoms with Crippen molar-refractivity contribution in [3.63, 3.8) is 0 Å². The van der Waals surface area contributed by atoms with E-state index in [4.69, 9.17) is 5.84 Å². The summed E-state index contributed by atoms with van der Waals surface area (Å²) in [6.45, 7) is 0. The zero-order valence-electron chi connectivity index (χ0n) is 9.48. The summed E-state index contributed by atoms with van der Waals surface area (Å²) in [5.41, 5.74) is 3.28. The molecule has 3 aromatic heterocycles. The lowest BCUT2D eigenvalue weighted by Crippen LogP contribution is -2.10. The maximum Gasteiger partial charge on any atom is 0.197 e. The highest BCUT2D eigenvalue weighted by Gasteiger charge is 2.11. The molecule has 0 saturated heterocycles. The van der Waals surface area contributed by atoms with Crippen LogP contribution in [0.3, 0.4) is 0 Å². The molecule has 0 aromatic carbocycles. The van der Waals surface area contributed by atoms with Gasteiger partial charge in [-0.2, -0.15) is 0 Å². The van der Waals surface area contributed by atoms with E-state index in [9.17, 15) is 0 Å². The zero-order chi connectivity index (χ0) is 12.5. The van der Waals surface area contributed by atoms with Crippen LogP contribution in [0, 0.1) is 0 Å². The van der Waals surface area contributed by atoms with E-state index in [0.29, 0.717) is 10.8 Å². The first-order valence-electron chi connectivity index (χ1n) is 5.10. The first kappa shape index (κ1) is 11.0. The van der Waals surface area contributed by atoms with Crippen molar-refractivity contribution in [2.24, 2.45) is 12.9 Å². The molecule has 0 bridgehead atoms. The molecule has 0 aliphatic rings. The van der Waals surface area contributed by atoms with Crippen LogP contribution in [0.2, 0.25) is 0 Å². The van der Waals surface area contributed by atoms with Gasteiger partial charge in [0.15, 0.2) is 16.6 Å². The number of fused-ring (bicyclic) bond motifs is 1. The molecule has 0 spiro atoms. The van der Waals surface area contributed by atoms with E-state index in [-0.39, 0.29) is 0 Å². The van der Waals surface area contributed by atoms with Crippen LogP contribution in [0.4, 0.5) is 5.82 Å². The third-order valence-corrected chi connectivity index (χ3v) is 3.37. The number of nitrogens with two attached hydrogens (primary N) is 1. The van der Waals surface area contributed by atoms with Crippen LogP contribution in [0.1, 0.15) is 0 Å². The van der Waals surface area contributed by atoms with E-state index in [1.54, 1.807) is 18.7 Å². The molecule has 18 heavy (non-hydrogen) atoms. The number of anilines is 1. The minimum Gasteiger partial charge on any atom is -0.311 e. The third-order valence-electron chi connectivity index (χ3n) is 2.35. The largest absolute Gasteiger partial charge is 0.311 e. The van der Waals surface area contributed by atoms with Crippen LogP contribution < -0.4 is 11.3 Å². The number of hydrogen-bond donors (Lipinski definition) is 2. The van der Waals surface area contributed by atoms with E-state index in [2.05, 4.69) is 25.6 Å². The Morgan fingerprint density at radius 1 is 1.44 bits per heavy atom. The third kappa shape index (κ3) is 1.79. The van der Waals surface area contributed by atoms with Gasteiger partial charge in [-0.05, 0) is 11.8 Å². The molecule has 0 aliphatic heterocycles. The highest BCUT2D eigenvalue weighted by Crippen LogP contribution is 2.27. The Hall–Kier alpha value is -2.13. The van der Waals surface area contributed by atoms with Crippen molar-refractivity contribution < 1.29 is 0 Å². The maximum atomic E-state index is 5.39. The monoisotopic (exact) mass is 262 g/mol. The quantitative estimate of drug-likeness (QED) is 0.517. The van der Waals surface area contributed by atoms with E-state index < -0.39 is 0 Å². The Morgan fingerprint density at radius 3 is 3.06 bits per heavy atom. The second-order valence-corrected chi connectivity index (χ2v) is 4.52. The fourth-order valence-corrected chi connectivity index (χ4v) is 2.34. The molecule has 92 valence electrons. The van der Waals surface area contributed by atoms with Crippen molar-refractivity contribution >= 4 is 23.2 Å². The van der Waals surface area contributed by atoms with Gasteiger partial charge in [0.1, 0.15) is 11.4 Å². The molecule has 3 N–H and O–H groups in total. The fourth-order valence-electron chi connectivity index (χ4n) is 1.49. The van der Waals surface area contributed by atoms with Gasteiger partial charge in [-0.3, -0.25) is 0 Å². The molecule has 0 atom stereocenters. The Morgan fingerprint density at radius 2 is 2.33 bits per heavy atom. The van der Waals surface area contributed by atoms with Crippen molar-refractivity contribution in [1.29, 1.82) is 0 Å². The Labute approximate surface area is 106 Å². The van der Waals surface area contributed by atoms with Gasteiger partial charge < -0.3 is 14.4 Å². The van der Waals surface area contributed by atoms with Crippen molar-refractivity contribution in [2.75, 3.05) is 5.43 Å². The summed E-state index contributed by atoms with van der Waals surface area (Å²) in [4.78, 5) is 8.63. The summed E-state index contributed by atoms with van der Waals surface area (Å²) in [5.74, 6) is 5.95. The number of imidazole rings is 1. The van der Waals surface area contributed by atoms with Crippen molar-refractivity contribution in [3.8, 4) is 0 Å². The molecule has 9 heteroatoms. The van der Waals surface area contributed by atoms with E-state index >= 15 is 0 Å². The molecule has 3 rings (SSSR count). The molecule has 0 unspecified atom stereocenters. The number of nitrogen functional groups attached to an aromatic ring is 1. The number of aromatic nitrogens is 6. The van der Waals surface area contributed by atoms with Gasteiger partial charge in [-0.25, -0.2) is 15.8 Å². The lowest BCUT2D eigenvalue weighted by molar-refractivity contribution is 0.787. The SMILES string of the molecule is Cn1cnnc1Sc1nc(NN)cn2ccnc12. The van der Waals surface area contributed by atoms with Gasteiger partial charge in [-0.1, -0.05) is 0 Å². The number of nitrogens with zero attached hydrogens (tertiary/aromatic N) is 6. The summed E-state index contributed by atoms with van der Waals surface area (Å²) in [6.07, 6.45) is 6.94. The van der Waals surface area contributed by atoms with Gasteiger partial charge >= 0.3 is 0 Å². The van der Waals surface area contributed by atoms with Crippen molar-refractivity contribution in [1.82, 2.24) is 29.1 Å². The molecule has 3 aromatic rings. The van der Waals surface area contributed by atoms with Crippen molar-refractivity contribution in [2.45, 2.75) is 10.2 Å². The highest BCUT2D eigenvalue weighted by atomic mass is 32.2. The van der Waals surface area contributed by atoms with Crippen LogP contribution in [0.25, 0.3) is 5.65 Å². The lowest BCUT2D eigenvalue weighted by atomic mass is 10.6. The highest BCUT2D eigenvalue weighted by molar-refractivity contribution is 7.99. The number of aryl methyl sites for hydroxylation is 1. The average Bonchev–Trinajstić information content (AvgIpc) is 2.98. The first-order chi connectivity index (χ1) is 8.78. The Kier molecular flexibility index (Phi) is 2.61. The summed E-state index contributed by atoms with van der Waals surface area (Å²) < 4.78 is 3.66. The van der Waals surface area contributed by atoms with Gasteiger partial charge in [0.25, 0.3) is 0 Å². The molecule has 0 saturated carbocycles. The second kappa shape index (κ2) is 4.27. The van der Waals surface area contributed by atoms with Gasteiger partial charge in [0, 0.05) is 19.4 Å². The number of hydrogen-bond acceptors (Lipinski definition) is 7. The summed E-state index contributed by atoms with van der Waals surface area (Å²) in [6, 6.07) is 0. The van der Waals surface area contributed by atoms with Crippen LogP contribution in [0.5, 0.6) is 0 Å². The van der Waals surface area contributed by atoms with Crippen LogP contribution in [-0.2, 0) is 7.05 Å². The molecular formula is C9H10N8S. The van der Waals surface area contributed by atoms with E-state index in [1.807, 2.05) is 22.2 Å². The minimum absolute atomic E-state index is 0.560. The molecule has 3 heterocycles. The Balaban J connectivity index is 2.10. The predicted molar refractivity (Wildman–Crippen MR) is 65.9 cm³/mol. The summed E-state index contributed by atoms with van der Waals surface area (Å²) in [5, 5.41) is 9.28. The van der Waals surface area contributed by atoms with Crippen LogP contribution in [0.15, 0.2) is 35.1 Å². The molecule has 0 radical (unpaired) electrons. The number of rotatable bonds is 3. The number of hydrazine groups is 1. The molecule has 0 aliphatic carbocycles. The molecule has 0 amide bonds. The van der Waals surface area contributed by atoms with Gasteiger partial charge in [-0.15, -0.1) is 10.2 Å². The van der Waals surface area contributed by atoms with E-state index in [1.165, 1.54) is 11.8 Å². The van der Waals surface area contributed by atoms with Gasteiger partial charge in [0.05, 0.1) is 6.20 Å². The number of nitrogens with one attached hydrogen (secondary N) is 1. The standard InChI is InChI=1S/C9H10N8S/c1-16-5-12-15-9(16)18-8-7-11-2-3-17(7)4-6(13-8)14-10/h2-5,14H,10H2,1H3. The van der Waals surface area contributed by atoms with Gasteiger partial charge in [0.2, 0.25) is 0 Å². The normalized spacial score (nSPS) is 11.0. The predicted octanol–water partition coefficient (Wildman–Crippen LogP) is 0.295. The van der Waals surface area contributed by atoms with E-state index in [0.717, 1.165) is 10.8 Å².